The predicted octanol–water partition coefficient (Wildman–Crippen LogP) is 1.45. The summed E-state index contributed by atoms with van der Waals surface area (Å²) in [5.41, 5.74) is -0.858. The Labute approximate surface area is 207 Å². The molecule has 0 bridgehead atoms. The molecule has 0 aromatic heterocycles. The summed E-state index contributed by atoms with van der Waals surface area (Å²) in [5.74, 6) is 1.23. The van der Waals surface area contributed by atoms with Gasteiger partial charge in [-0.3, -0.25) is 4.55 Å². The van der Waals surface area contributed by atoms with E-state index in [2.05, 4.69) is 4.52 Å². The number of benzene rings is 2. The average Bonchev–Trinajstić information content (AvgIpc) is 2.55. The van der Waals surface area contributed by atoms with E-state index >= 15 is 0 Å². The van der Waals surface area contributed by atoms with Crippen molar-refractivity contribution in [1.82, 2.24) is 0 Å². The van der Waals surface area contributed by atoms with Crippen LogP contribution < -0.4 is 56.1 Å². The van der Waals surface area contributed by atoms with Crippen molar-refractivity contribution in [2.45, 2.75) is 24.7 Å². The van der Waals surface area contributed by atoms with Gasteiger partial charge < -0.3 is 6.16 Å². The molecule has 2 N–H and O–H groups in total. The normalized spacial score (nSPS) is 12.8. The van der Waals surface area contributed by atoms with Gasteiger partial charge >= 0.3 is 59.6 Å². The first-order valence-corrected chi connectivity index (χ1v) is 10.6. The van der Waals surface area contributed by atoms with Gasteiger partial charge in [0, 0.05) is 9.59 Å². The van der Waals surface area contributed by atoms with E-state index in [1.54, 1.807) is 42.5 Å². The fraction of sp³-hybridized carbons (Fsp3) is 0.250. The van der Waals surface area contributed by atoms with Crippen LogP contribution in [0.1, 0.15) is 19.8 Å². The van der Waals surface area contributed by atoms with Crippen molar-refractivity contribution in [3.8, 4) is 11.5 Å². The minimum Gasteiger partial charge on any atom is -1.00 e. The van der Waals surface area contributed by atoms with Crippen LogP contribution in [-0.2, 0) is 25.6 Å². The fourth-order valence-corrected chi connectivity index (χ4v) is 3.79. The summed E-state index contributed by atoms with van der Waals surface area (Å²) in [7, 11) is -7.70. The summed E-state index contributed by atoms with van der Waals surface area (Å²) >= 11 is 5.83. The number of halogens is 1. The molecule has 27 heavy (non-hydrogen) atoms. The third-order valence-electron chi connectivity index (χ3n) is 3.39. The molecule has 2 atom stereocenters. The van der Waals surface area contributed by atoms with Crippen LogP contribution in [0.2, 0.25) is 5.02 Å². The van der Waals surface area contributed by atoms with Crippen LogP contribution >= 0.6 is 19.9 Å². The second kappa shape index (κ2) is 11.9. The van der Waals surface area contributed by atoms with Gasteiger partial charge in [-0.05, 0) is 61.2 Å². The van der Waals surface area contributed by atoms with E-state index in [1.807, 2.05) is 6.07 Å². The van der Waals surface area contributed by atoms with E-state index in [9.17, 15) is 13.0 Å². The van der Waals surface area contributed by atoms with Crippen LogP contribution in [0.3, 0.4) is 0 Å². The summed E-state index contributed by atoms with van der Waals surface area (Å²) in [6.45, 7) is 0. The topological polar surface area (TPSA) is 110 Å². The summed E-state index contributed by atoms with van der Waals surface area (Å²) < 4.78 is 52.1. The van der Waals surface area contributed by atoms with Crippen LogP contribution in [-0.4, -0.2) is 23.3 Å². The van der Waals surface area contributed by atoms with Crippen molar-refractivity contribution in [3.63, 3.8) is 0 Å². The molecule has 0 fully saturated rings. The first-order chi connectivity index (χ1) is 12.2. The first-order valence-electron chi connectivity index (χ1n) is 7.55. The van der Waals surface area contributed by atoms with E-state index in [1.165, 1.54) is 0 Å². The van der Waals surface area contributed by atoms with Crippen LogP contribution in [0.5, 0.6) is 11.5 Å². The minimum atomic E-state index is -4.57. The van der Waals surface area contributed by atoms with Crippen molar-refractivity contribution >= 4 is 30.0 Å². The molecule has 0 aliphatic carbocycles. The molecule has 7 nitrogen and oxygen atoms in total. The van der Waals surface area contributed by atoms with Crippen molar-refractivity contribution in [2.24, 2.45) is 0 Å². The first kappa shape index (κ1) is 25.1. The minimum absolute atomic E-state index is 0. The van der Waals surface area contributed by atoms with Gasteiger partial charge in [-0.25, -0.2) is 0 Å². The second-order valence-electron chi connectivity index (χ2n) is 5.38. The van der Waals surface area contributed by atoms with Gasteiger partial charge in [0.2, 0.25) is 5.44 Å². The van der Waals surface area contributed by atoms with Gasteiger partial charge in [0.1, 0.15) is 11.5 Å². The zero-order valence-electron chi connectivity index (χ0n) is 15.5. The van der Waals surface area contributed by atoms with Crippen molar-refractivity contribution < 1.29 is 84.5 Å². The number of rotatable bonds is 9. The zero-order chi connectivity index (χ0) is 19.2. The Hall–Kier alpha value is 0.0964. The van der Waals surface area contributed by atoms with Gasteiger partial charge in [-0.15, -0.1) is 4.89 Å². The van der Waals surface area contributed by atoms with Gasteiger partial charge in [0.25, 0.3) is 10.1 Å². The van der Waals surface area contributed by atoms with E-state index in [4.69, 9.17) is 25.8 Å². The molecule has 0 heterocycles. The van der Waals surface area contributed by atoms with E-state index in [-0.39, 0.29) is 59.2 Å². The smallest absolute Gasteiger partial charge is 1.00 e. The summed E-state index contributed by atoms with van der Waals surface area (Å²) in [5, 5.41) is 0.603. The van der Waals surface area contributed by atoms with Crippen molar-refractivity contribution in [3.05, 3.63) is 59.1 Å². The Balaban J connectivity index is 0.00000364. The molecule has 142 valence electrons. The monoisotopic (exact) mass is 459 g/mol. The SMILES string of the molecule is O=[P+](O)OC(CCCc1cccc(Oc2ccc(Cl)cc2)c1)S(=O)(=O)O.[H-].[K+]. The fourth-order valence-electron chi connectivity index (χ4n) is 2.23. The molecule has 0 spiro atoms. The average molecular weight is 460 g/mol. The van der Waals surface area contributed by atoms with E-state index < -0.39 is 23.8 Å². The molecule has 0 aliphatic rings. The van der Waals surface area contributed by atoms with Crippen LogP contribution in [0.25, 0.3) is 0 Å². The molecule has 0 saturated carbocycles. The molecule has 0 radical (unpaired) electrons. The Kier molecular flexibility index (Phi) is 11.1. The number of aryl methyl sites for hydroxylation is 1. The molecule has 11 heteroatoms. The molecule has 2 aromatic carbocycles. The standard InChI is InChI=1S/C16H16ClO7PS.K.H/c17-13-7-9-14(10-8-13)23-15-5-1-3-12(11-15)4-2-6-16(24-25(18)19)26(20,21)22;;/h1,3,5,7-11,16H,2,4,6H2,(H-,18,19,20,21,22);;/q;+1;-1/p+1. The second-order valence-corrected chi connectivity index (χ2v) is 8.06. The summed E-state index contributed by atoms with van der Waals surface area (Å²) in [6.07, 6.45) is 0.663. The third kappa shape index (κ3) is 9.42. The van der Waals surface area contributed by atoms with Crippen molar-refractivity contribution in [2.75, 3.05) is 0 Å². The maximum absolute atomic E-state index is 11.2. The van der Waals surface area contributed by atoms with Crippen LogP contribution in [0.4, 0.5) is 0 Å². The quantitative estimate of drug-likeness (QED) is 0.332. The molecular weight excluding hydrogens is 442 g/mol. The Bertz CT molecular complexity index is 868. The molecule has 2 aromatic rings. The van der Waals surface area contributed by atoms with Crippen LogP contribution in [0.15, 0.2) is 48.5 Å². The van der Waals surface area contributed by atoms with Gasteiger partial charge in [-0.1, -0.05) is 28.3 Å². The molecule has 0 amide bonds. The Morgan fingerprint density at radius 2 is 1.81 bits per heavy atom. The molecule has 0 aliphatic heterocycles. The van der Waals surface area contributed by atoms with Gasteiger partial charge in [0.15, 0.2) is 0 Å². The van der Waals surface area contributed by atoms with Gasteiger partial charge in [-0.2, -0.15) is 8.42 Å². The maximum atomic E-state index is 11.2. The van der Waals surface area contributed by atoms with E-state index in [0.29, 0.717) is 29.4 Å². The van der Waals surface area contributed by atoms with Gasteiger partial charge in [0.05, 0.1) is 0 Å². The molecule has 2 rings (SSSR count). The third-order valence-corrected chi connectivity index (χ3v) is 5.22. The largest absolute Gasteiger partial charge is 1.00 e. The number of hydrogen-bond donors (Lipinski definition) is 2. The number of hydrogen-bond acceptors (Lipinski definition) is 5. The molecule has 2 unspecified atom stereocenters. The zero-order valence-corrected chi connectivity index (χ0v) is 20.1. The summed E-state index contributed by atoms with van der Waals surface area (Å²) in [4.78, 5) is 8.68. The maximum Gasteiger partial charge on any atom is 1.00 e. The molecule has 0 saturated heterocycles. The predicted molar refractivity (Wildman–Crippen MR) is 98.3 cm³/mol. The Morgan fingerprint density at radius 1 is 1.15 bits per heavy atom. The number of ether oxygens (including phenoxy) is 1. The molecular formula is C16H18ClKO7PS+. The van der Waals surface area contributed by atoms with Crippen LogP contribution in [0, 0.1) is 0 Å². The summed E-state index contributed by atoms with van der Waals surface area (Å²) in [6, 6.07) is 14.1. The van der Waals surface area contributed by atoms with E-state index in [0.717, 1.165) is 5.56 Å². The Morgan fingerprint density at radius 3 is 2.41 bits per heavy atom. The van der Waals surface area contributed by atoms with Crippen molar-refractivity contribution in [1.29, 1.82) is 0 Å².